The highest BCUT2D eigenvalue weighted by molar-refractivity contribution is 5.68. The molecule has 0 bridgehead atoms. The van der Waals surface area contributed by atoms with Gasteiger partial charge in [0.1, 0.15) is 17.5 Å². The van der Waals surface area contributed by atoms with Gasteiger partial charge in [0.15, 0.2) is 6.17 Å². The van der Waals surface area contributed by atoms with Gasteiger partial charge in [-0.1, -0.05) is 0 Å². The first-order valence-electron chi connectivity index (χ1n) is 7.39. The first-order chi connectivity index (χ1) is 10.2. The minimum atomic E-state index is -1.25. The van der Waals surface area contributed by atoms with Crippen molar-refractivity contribution in [3.63, 3.8) is 0 Å². The summed E-state index contributed by atoms with van der Waals surface area (Å²) in [5.41, 5.74) is 5.65. The number of carbonyl (C=O) groups is 1. The lowest BCUT2D eigenvalue weighted by Gasteiger charge is -2.35. The smallest absolute Gasteiger partial charge is 0.410 e. The highest BCUT2D eigenvalue weighted by Gasteiger charge is 2.34. The van der Waals surface area contributed by atoms with Gasteiger partial charge in [0.2, 0.25) is 0 Å². The fraction of sp³-hybridized carbons (Fsp3) is 0.562. The van der Waals surface area contributed by atoms with Crippen LogP contribution >= 0.6 is 0 Å². The van der Waals surface area contributed by atoms with Gasteiger partial charge >= 0.3 is 6.09 Å². The Labute approximate surface area is 130 Å². The summed E-state index contributed by atoms with van der Waals surface area (Å²) in [4.78, 5) is 13.3. The second-order valence-corrected chi connectivity index (χ2v) is 6.46. The van der Waals surface area contributed by atoms with Crippen molar-refractivity contribution in [3.05, 3.63) is 24.3 Å². The van der Waals surface area contributed by atoms with Crippen molar-refractivity contribution in [2.45, 2.75) is 45.1 Å². The van der Waals surface area contributed by atoms with Crippen LogP contribution in [0.3, 0.4) is 0 Å². The topological polar surface area (TPSA) is 64.8 Å². The molecule has 1 fully saturated rings. The molecule has 1 heterocycles. The van der Waals surface area contributed by atoms with Crippen molar-refractivity contribution < 1.29 is 18.7 Å². The van der Waals surface area contributed by atoms with Crippen LogP contribution in [0.2, 0.25) is 0 Å². The van der Waals surface area contributed by atoms with E-state index in [1.807, 2.05) is 0 Å². The third-order valence-corrected chi connectivity index (χ3v) is 3.30. The summed E-state index contributed by atoms with van der Waals surface area (Å²) in [6.07, 6.45) is -1.88. The van der Waals surface area contributed by atoms with E-state index in [9.17, 15) is 9.18 Å². The van der Waals surface area contributed by atoms with Crippen LogP contribution in [0.25, 0.3) is 0 Å². The van der Waals surface area contributed by atoms with Crippen molar-refractivity contribution in [2.75, 3.05) is 18.8 Å². The van der Waals surface area contributed by atoms with E-state index in [2.05, 4.69) is 0 Å². The summed E-state index contributed by atoms with van der Waals surface area (Å²) in [6, 6.07) is 6.83. The number of ether oxygens (including phenoxy) is 2. The summed E-state index contributed by atoms with van der Waals surface area (Å²) in [5, 5.41) is 0. The molecule has 0 saturated carbocycles. The highest BCUT2D eigenvalue weighted by atomic mass is 19.1. The Bertz CT molecular complexity index is 513. The molecule has 1 aromatic carbocycles. The molecular weight excluding hydrogens is 287 g/mol. The lowest BCUT2D eigenvalue weighted by molar-refractivity contribution is -0.0105. The Morgan fingerprint density at radius 2 is 1.95 bits per heavy atom. The second kappa shape index (κ2) is 6.42. The van der Waals surface area contributed by atoms with E-state index in [1.54, 1.807) is 45.0 Å². The van der Waals surface area contributed by atoms with Crippen molar-refractivity contribution in [1.29, 1.82) is 0 Å². The Kier molecular flexibility index (Phi) is 4.78. The number of nitrogen functional groups attached to an aromatic ring is 1. The van der Waals surface area contributed by atoms with Gasteiger partial charge in [0.25, 0.3) is 0 Å². The standard InChI is InChI=1S/C16H23FN2O3/c1-16(2,3)22-15(20)19-9-8-14(13(17)10-19)21-12-6-4-11(18)5-7-12/h4-7,13-14H,8-10,18H2,1-3H3. The molecule has 1 aromatic rings. The quantitative estimate of drug-likeness (QED) is 0.853. The number of amides is 1. The zero-order valence-electron chi connectivity index (χ0n) is 13.2. The molecule has 1 aliphatic heterocycles. The number of alkyl halides is 1. The van der Waals surface area contributed by atoms with Gasteiger partial charge in [0, 0.05) is 18.7 Å². The number of benzene rings is 1. The Hall–Kier alpha value is -1.98. The SMILES string of the molecule is CC(C)(C)OC(=O)N1CCC(Oc2ccc(N)cc2)C(F)C1. The number of rotatable bonds is 2. The van der Waals surface area contributed by atoms with Gasteiger partial charge in [-0.2, -0.15) is 0 Å². The van der Waals surface area contributed by atoms with Gasteiger partial charge in [0.05, 0.1) is 6.54 Å². The van der Waals surface area contributed by atoms with Crippen molar-refractivity contribution in [1.82, 2.24) is 4.90 Å². The number of halogens is 1. The maximum Gasteiger partial charge on any atom is 0.410 e. The number of nitrogens with two attached hydrogens (primary N) is 1. The summed E-state index contributed by atoms with van der Waals surface area (Å²) in [6.45, 7) is 5.75. The second-order valence-electron chi connectivity index (χ2n) is 6.46. The Morgan fingerprint density at radius 1 is 1.32 bits per heavy atom. The summed E-state index contributed by atoms with van der Waals surface area (Å²) in [7, 11) is 0. The molecule has 122 valence electrons. The van der Waals surface area contributed by atoms with Crippen molar-refractivity contribution in [3.8, 4) is 5.75 Å². The van der Waals surface area contributed by atoms with Crippen LogP contribution < -0.4 is 10.5 Å². The van der Waals surface area contributed by atoms with E-state index in [1.165, 1.54) is 4.90 Å². The molecular formula is C16H23FN2O3. The van der Waals surface area contributed by atoms with Crippen LogP contribution in [0.5, 0.6) is 5.75 Å². The predicted molar refractivity (Wildman–Crippen MR) is 82.6 cm³/mol. The number of anilines is 1. The van der Waals surface area contributed by atoms with E-state index < -0.39 is 24.0 Å². The van der Waals surface area contributed by atoms with E-state index in [0.29, 0.717) is 24.4 Å². The fourth-order valence-electron chi connectivity index (χ4n) is 2.23. The monoisotopic (exact) mass is 310 g/mol. The van der Waals surface area contributed by atoms with Gasteiger partial charge in [-0.25, -0.2) is 9.18 Å². The fourth-order valence-corrected chi connectivity index (χ4v) is 2.23. The molecule has 2 atom stereocenters. The maximum atomic E-state index is 14.3. The number of nitrogens with zero attached hydrogens (tertiary/aromatic N) is 1. The third-order valence-electron chi connectivity index (χ3n) is 3.30. The van der Waals surface area contributed by atoms with Crippen LogP contribution in [0.1, 0.15) is 27.2 Å². The van der Waals surface area contributed by atoms with Gasteiger partial charge in [-0.05, 0) is 45.0 Å². The molecule has 5 nitrogen and oxygen atoms in total. The van der Waals surface area contributed by atoms with E-state index in [-0.39, 0.29) is 6.54 Å². The van der Waals surface area contributed by atoms with E-state index in [4.69, 9.17) is 15.2 Å². The zero-order valence-corrected chi connectivity index (χ0v) is 13.2. The van der Waals surface area contributed by atoms with Gasteiger partial charge < -0.3 is 20.1 Å². The lowest BCUT2D eigenvalue weighted by Crippen LogP contribution is -2.50. The Morgan fingerprint density at radius 3 is 2.50 bits per heavy atom. The van der Waals surface area contributed by atoms with Crippen LogP contribution in [-0.2, 0) is 4.74 Å². The molecule has 2 unspecified atom stereocenters. The van der Waals surface area contributed by atoms with Crippen LogP contribution in [0.15, 0.2) is 24.3 Å². The average Bonchev–Trinajstić information content (AvgIpc) is 2.41. The largest absolute Gasteiger partial charge is 0.487 e. The first kappa shape index (κ1) is 16.4. The molecule has 2 rings (SSSR count). The number of hydrogen-bond donors (Lipinski definition) is 1. The first-order valence-corrected chi connectivity index (χ1v) is 7.39. The molecule has 6 heteroatoms. The van der Waals surface area contributed by atoms with Crippen molar-refractivity contribution in [2.24, 2.45) is 0 Å². The number of likely N-dealkylation sites (tertiary alicyclic amines) is 1. The lowest BCUT2D eigenvalue weighted by atomic mass is 10.1. The van der Waals surface area contributed by atoms with Crippen LogP contribution in [-0.4, -0.2) is 42.0 Å². The average molecular weight is 310 g/mol. The maximum absolute atomic E-state index is 14.3. The van der Waals surface area contributed by atoms with Gasteiger partial charge in [-0.3, -0.25) is 0 Å². The molecule has 0 radical (unpaired) electrons. The Balaban J connectivity index is 1.90. The number of hydrogen-bond acceptors (Lipinski definition) is 4. The van der Waals surface area contributed by atoms with Gasteiger partial charge in [-0.15, -0.1) is 0 Å². The third kappa shape index (κ3) is 4.51. The summed E-state index contributed by atoms with van der Waals surface area (Å²) >= 11 is 0. The minimum absolute atomic E-state index is 0.0193. The van der Waals surface area contributed by atoms with Crippen LogP contribution in [0.4, 0.5) is 14.9 Å². The van der Waals surface area contributed by atoms with Crippen molar-refractivity contribution >= 4 is 11.8 Å². The minimum Gasteiger partial charge on any atom is -0.487 e. The normalized spacial score (nSPS) is 22.3. The summed E-state index contributed by atoms with van der Waals surface area (Å²) in [5.74, 6) is 0.576. The molecule has 0 aliphatic carbocycles. The number of piperidine rings is 1. The molecule has 22 heavy (non-hydrogen) atoms. The zero-order chi connectivity index (χ0) is 16.3. The summed E-state index contributed by atoms with van der Waals surface area (Å²) < 4.78 is 25.2. The molecule has 1 aliphatic rings. The molecule has 1 saturated heterocycles. The van der Waals surface area contributed by atoms with Crippen LogP contribution in [0, 0.1) is 0 Å². The number of carbonyl (C=O) groups excluding carboxylic acids is 1. The molecule has 0 spiro atoms. The molecule has 1 amide bonds. The van der Waals surface area contributed by atoms with E-state index >= 15 is 0 Å². The predicted octanol–water partition coefficient (Wildman–Crippen LogP) is 3.00. The molecule has 0 aromatic heterocycles. The highest BCUT2D eigenvalue weighted by Crippen LogP contribution is 2.23. The molecule has 2 N–H and O–H groups in total. The van der Waals surface area contributed by atoms with E-state index in [0.717, 1.165) is 0 Å².